The van der Waals surface area contributed by atoms with Crippen molar-refractivity contribution in [2.75, 3.05) is 26.1 Å². The molecular formula is C21H22BrN3O3S. The van der Waals surface area contributed by atoms with Crippen LogP contribution in [0.5, 0.6) is 11.5 Å². The summed E-state index contributed by atoms with van der Waals surface area (Å²) in [5.74, 6) is 0.692. The van der Waals surface area contributed by atoms with Crippen molar-refractivity contribution in [3.8, 4) is 11.5 Å². The topological polar surface area (TPSA) is 54.0 Å². The van der Waals surface area contributed by atoms with Crippen LogP contribution in [0.2, 0.25) is 0 Å². The minimum Gasteiger partial charge on any atom is -0.493 e. The molecule has 2 aliphatic rings. The highest BCUT2D eigenvalue weighted by Crippen LogP contribution is 2.52. The Balaban J connectivity index is 1.93. The third-order valence-corrected chi connectivity index (χ3v) is 6.33. The number of methoxy groups -OCH3 is 1. The van der Waals surface area contributed by atoms with Crippen LogP contribution in [0, 0.1) is 5.92 Å². The first-order valence-electron chi connectivity index (χ1n) is 9.21. The van der Waals surface area contributed by atoms with Crippen LogP contribution in [0.25, 0.3) is 0 Å². The van der Waals surface area contributed by atoms with E-state index in [0.717, 1.165) is 15.7 Å². The quantitative estimate of drug-likeness (QED) is 0.682. The standard InChI is InChI=1S/C21H22BrN3O3S/c1-21-16(19(26)24(2)3)17(14-6-5-7-15(27-4)18(14)28-21)23-20(29)25(21)13-10-8-12(22)9-11-13/h5-11,16-17H,1-4H3,(H,23,29)/t16-,17+,21+/m1/s1. The lowest BCUT2D eigenvalue weighted by atomic mass is 9.78. The van der Waals surface area contributed by atoms with E-state index in [1.807, 2.05) is 54.3 Å². The summed E-state index contributed by atoms with van der Waals surface area (Å²) in [6.07, 6.45) is 0. The van der Waals surface area contributed by atoms with Gasteiger partial charge in [-0.1, -0.05) is 28.1 Å². The molecule has 1 fully saturated rings. The summed E-state index contributed by atoms with van der Waals surface area (Å²) in [5, 5.41) is 3.90. The first-order chi connectivity index (χ1) is 13.8. The van der Waals surface area contributed by atoms with E-state index in [1.165, 1.54) is 0 Å². The second kappa shape index (κ2) is 7.18. The highest BCUT2D eigenvalue weighted by Gasteiger charge is 2.59. The number of anilines is 1. The van der Waals surface area contributed by atoms with Gasteiger partial charge < -0.3 is 19.7 Å². The molecule has 0 saturated carbocycles. The molecule has 152 valence electrons. The van der Waals surface area contributed by atoms with E-state index in [9.17, 15) is 4.79 Å². The number of hydrogen-bond donors (Lipinski definition) is 1. The van der Waals surface area contributed by atoms with Gasteiger partial charge in [-0.05, 0) is 49.5 Å². The predicted molar refractivity (Wildman–Crippen MR) is 119 cm³/mol. The van der Waals surface area contributed by atoms with Crippen molar-refractivity contribution in [2.45, 2.75) is 18.7 Å². The second-order valence-corrected chi connectivity index (χ2v) is 8.79. The minimum atomic E-state index is -1.04. The molecule has 2 bridgehead atoms. The Labute approximate surface area is 183 Å². The van der Waals surface area contributed by atoms with Crippen molar-refractivity contribution >= 4 is 44.9 Å². The maximum atomic E-state index is 13.3. The normalized spacial score (nSPS) is 24.9. The molecule has 1 N–H and O–H groups in total. The summed E-state index contributed by atoms with van der Waals surface area (Å²) in [4.78, 5) is 16.8. The van der Waals surface area contributed by atoms with E-state index >= 15 is 0 Å². The van der Waals surface area contributed by atoms with Crippen molar-refractivity contribution in [1.29, 1.82) is 0 Å². The lowest BCUT2D eigenvalue weighted by Crippen LogP contribution is -2.72. The highest BCUT2D eigenvalue weighted by molar-refractivity contribution is 9.10. The Morgan fingerprint density at radius 3 is 2.59 bits per heavy atom. The fourth-order valence-corrected chi connectivity index (χ4v) is 4.84. The third kappa shape index (κ3) is 3.05. The SMILES string of the molecule is COc1cccc2c1O[C@@]1(C)[C@@H](C(=O)N(C)C)[C@H]2NC(=S)N1c1ccc(Br)cc1. The van der Waals surface area contributed by atoms with Crippen LogP contribution in [-0.4, -0.2) is 42.8 Å². The van der Waals surface area contributed by atoms with Gasteiger partial charge in [0.25, 0.3) is 0 Å². The molecule has 0 radical (unpaired) electrons. The van der Waals surface area contributed by atoms with E-state index in [4.69, 9.17) is 21.7 Å². The minimum absolute atomic E-state index is 0.0388. The summed E-state index contributed by atoms with van der Waals surface area (Å²) in [6.45, 7) is 1.91. The van der Waals surface area contributed by atoms with E-state index in [0.29, 0.717) is 16.6 Å². The molecule has 2 aromatic carbocycles. The van der Waals surface area contributed by atoms with Crippen LogP contribution in [0.15, 0.2) is 46.9 Å². The molecule has 3 atom stereocenters. The van der Waals surface area contributed by atoms with Gasteiger partial charge in [-0.3, -0.25) is 9.69 Å². The molecule has 1 saturated heterocycles. The average molecular weight is 476 g/mol. The van der Waals surface area contributed by atoms with Gasteiger partial charge in [-0.15, -0.1) is 0 Å². The molecule has 0 unspecified atom stereocenters. The van der Waals surface area contributed by atoms with E-state index in [-0.39, 0.29) is 11.9 Å². The third-order valence-electron chi connectivity index (χ3n) is 5.50. The number of benzene rings is 2. The predicted octanol–water partition coefficient (Wildman–Crippen LogP) is 3.71. The number of nitrogens with zero attached hydrogens (tertiary/aromatic N) is 2. The molecular weight excluding hydrogens is 454 g/mol. The van der Waals surface area contributed by atoms with Crippen LogP contribution in [0.4, 0.5) is 5.69 Å². The molecule has 2 aromatic rings. The van der Waals surface area contributed by atoms with E-state index < -0.39 is 11.6 Å². The van der Waals surface area contributed by atoms with Gasteiger partial charge in [0, 0.05) is 29.8 Å². The molecule has 0 aromatic heterocycles. The summed E-state index contributed by atoms with van der Waals surface area (Å²) >= 11 is 9.20. The first kappa shape index (κ1) is 20.0. The molecule has 0 aliphatic carbocycles. The molecule has 0 spiro atoms. The summed E-state index contributed by atoms with van der Waals surface area (Å²) in [7, 11) is 5.12. The lowest BCUT2D eigenvalue weighted by Gasteiger charge is -2.56. The molecule has 4 rings (SSSR count). The number of para-hydroxylation sites is 1. The number of ether oxygens (including phenoxy) is 2. The van der Waals surface area contributed by atoms with Crippen LogP contribution in [0.1, 0.15) is 18.5 Å². The number of hydrogen-bond acceptors (Lipinski definition) is 4. The molecule has 2 heterocycles. The van der Waals surface area contributed by atoms with Gasteiger partial charge in [0.2, 0.25) is 5.91 Å². The monoisotopic (exact) mass is 475 g/mol. The van der Waals surface area contributed by atoms with Crippen molar-refractivity contribution in [3.05, 3.63) is 52.5 Å². The number of nitrogens with one attached hydrogen (secondary N) is 1. The van der Waals surface area contributed by atoms with Crippen LogP contribution >= 0.6 is 28.1 Å². The van der Waals surface area contributed by atoms with Gasteiger partial charge >= 0.3 is 0 Å². The van der Waals surface area contributed by atoms with E-state index in [2.05, 4.69) is 21.2 Å². The van der Waals surface area contributed by atoms with Gasteiger partial charge in [0.05, 0.1) is 13.2 Å². The van der Waals surface area contributed by atoms with Crippen LogP contribution in [0.3, 0.4) is 0 Å². The smallest absolute Gasteiger partial charge is 0.233 e. The molecule has 1 amide bonds. The molecule has 2 aliphatic heterocycles. The van der Waals surface area contributed by atoms with Crippen molar-refractivity contribution in [3.63, 3.8) is 0 Å². The van der Waals surface area contributed by atoms with Gasteiger partial charge in [-0.25, -0.2) is 0 Å². The molecule has 8 heteroatoms. The van der Waals surface area contributed by atoms with Crippen molar-refractivity contribution in [1.82, 2.24) is 10.2 Å². The Morgan fingerprint density at radius 2 is 1.97 bits per heavy atom. The van der Waals surface area contributed by atoms with Crippen LogP contribution in [-0.2, 0) is 4.79 Å². The largest absolute Gasteiger partial charge is 0.493 e. The van der Waals surface area contributed by atoms with Crippen LogP contribution < -0.4 is 19.7 Å². The Hall–Kier alpha value is -2.32. The number of rotatable bonds is 3. The van der Waals surface area contributed by atoms with Crippen molar-refractivity contribution in [2.24, 2.45) is 5.92 Å². The maximum absolute atomic E-state index is 13.3. The zero-order valence-corrected chi connectivity index (χ0v) is 19.0. The number of carbonyl (C=O) groups excluding carboxylic acids is 1. The van der Waals surface area contributed by atoms with E-state index in [1.54, 1.807) is 26.1 Å². The zero-order chi connectivity index (χ0) is 20.9. The fraction of sp³-hybridized carbons (Fsp3) is 0.333. The Morgan fingerprint density at radius 1 is 1.28 bits per heavy atom. The Bertz CT molecular complexity index is 982. The maximum Gasteiger partial charge on any atom is 0.233 e. The van der Waals surface area contributed by atoms with Gasteiger partial charge in [-0.2, -0.15) is 0 Å². The zero-order valence-electron chi connectivity index (χ0n) is 16.6. The highest BCUT2D eigenvalue weighted by atomic mass is 79.9. The Kier molecular flexibility index (Phi) is 4.94. The fourth-order valence-electron chi connectivity index (χ4n) is 4.17. The second-order valence-electron chi connectivity index (χ2n) is 7.48. The summed E-state index contributed by atoms with van der Waals surface area (Å²) in [5.41, 5.74) is 0.658. The lowest BCUT2D eigenvalue weighted by molar-refractivity contribution is -0.144. The van der Waals surface area contributed by atoms with Gasteiger partial charge in [0.15, 0.2) is 22.3 Å². The summed E-state index contributed by atoms with van der Waals surface area (Å²) in [6, 6.07) is 13.1. The molecule has 6 nitrogen and oxygen atoms in total. The van der Waals surface area contributed by atoms with Crippen molar-refractivity contribution < 1.29 is 14.3 Å². The first-order valence-corrected chi connectivity index (χ1v) is 10.4. The number of halogens is 1. The number of fused-ring (bicyclic) bond motifs is 4. The summed E-state index contributed by atoms with van der Waals surface area (Å²) < 4.78 is 13.1. The number of amides is 1. The molecule has 29 heavy (non-hydrogen) atoms. The number of carbonyl (C=O) groups is 1. The average Bonchev–Trinajstić information content (AvgIpc) is 2.68. The van der Waals surface area contributed by atoms with Gasteiger partial charge in [0.1, 0.15) is 5.92 Å². The number of thiocarbonyl (C=S) groups is 1.